The predicted octanol–water partition coefficient (Wildman–Crippen LogP) is 5.86. The van der Waals surface area contributed by atoms with Crippen molar-refractivity contribution >= 4 is 0 Å². The molecule has 0 aliphatic heterocycles. The summed E-state index contributed by atoms with van der Waals surface area (Å²) in [5, 5.41) is 0. The highest BCUT2D eigenvalue weighted by Crippen LogP contribution is 2.64. The molecule has 0 saturated heterocycles. The minimum atomic E-state index is -5.52. The van der Waals surface area contributed by atoms with E-state index in [0.29, 0.717) is 48.8 Å². The second-order valence-electron chi connectivity index (χ2n) is 8.41. The second-order valence-corrected chi connectivity index (χ2v) is 8.41. The van der Waals surface area contributed by atoms with E-state index in [4.69, 9.17) is 9.47 Å². The van der Waals surface area contributed by atoms with Gasteiger partial charge in [-0.25, -0.2) is 0 Å². The summed E-state index contributed by atoms with van der Waals surface area (Å²) in [4.78, 5) is 0. The molecule has 8 heteroatoms. The summed E-state index contributed by atoms with van der Waals surface area (Å²) in [6, 6.07) is 6.26. The standard InChI is InChI=1S/C20H22F6O2/c1-27-16-4-2-13(3-5-16)18(28-17(19(21,22)23)20(24,25)26)14-7-11-6-12(9-14)10-15(18)8-11/h2-5,11-12,14-15,17H,6-10H2,1H3. The van der Waals surface area contributed by atoms with E-state index in [-0.39, 0.29) is 11.8 Å². The third-order valence-electron chi connectivity index (χ3n) is 6.80. The van der Waals surface area contributed by atoms with Gasteiger partial charge in [-0.1, -0.05) is 12.1 Å². The van der Waals surface area contributed by atoms with Gasteiger partial charge in [0.15, 0.2) is 0 Å². The predicted molar refractivity (Wildman–Crippen MR) is 88.7 cm³/mol. The number of rotatable bonds is 4. The number of ether oxygens (including phenoxy) is 2. The molecule has 28 heavy (non-hydrogen) atoms. The molecule has 4 saturated carbocycles. The fourth-order valence-electron chi connectivity index (χ4n) is 5.98. The molecule has 0 atom stereocenters. The van der Waals surface area contributed by atoms with Gasteiger partial charge in [0.05, 0.1) is 12.7 Å². The molecule has 0 unspecified atom stereocenters. The molecule has 4 fully saturated rings. The molecular formula is C20H22F6O2. The quantitative estimate of drug-likeness (QED) is 0.582. The molecule has 1 aromatic rings. The smallest absolute Gasteiger partial charge is 0.423 e. The minimum Gasteiger partial charge on any atom is -0.497 e. The number of hydrogen-bond acceptors (Lipinski definition) is 2. The maximum absolute atomic E-state index is 13.4. The first kappa shape index (κ1) is 19.9. The molecule has 4 aliphatic carbocycles. The lowest BCUT2D eigenvalue weighted by Crippen LogP contribution is -2.61. The third kappa shape index (κ3) is 3.17. The van der Waals surface area contributed by atoms with E-state index in [1.54, 1.807) is 24.3 Å². The Bertz CT molecular complexity index is 667. The van der Waals surface area contributed by atoms with Crippen molar-refractivity contribution in [2.24, 2.45) is 23.7 Å². The Hall–Kier alpha value is -1.44. The van der Waals surface area contributed by atoms with Gasteiger partial charge in [-0.15, -0.1) is 0 Å². The minimum absolute atomic E-state index is 0.343. The highest BCUT2D eigenvalue weighted by molar-refractivity contribution is 5.34. The van der Waals surface area contributed by atoms with Crippen LogP contribution in [0.4, 0.5) is 26.3 Å². The van der Waals surface area contributed by atoms with Crippen molar-refractivity contribution in [1.82, 2.24) is 0 Å². The number of hydrogen-bond donors (Lipinski definition) is 0. The van der Waals surface area contributed by atoms with Crippen LogP contribution >= 0.6 is 0 Å². The van der Waals surface area contributed by atoms with Gasteiger partial charge in [-0.2, -0.15) is 26.3 Å². The molecule has 0 spiro atoms. The summed E-state index contributed by atoms with van der Waals surface area (Å²) in [6.45, 7) is 0. The maximum atomic E-state index is 13.4. The molecule has 1 aromatic carbocycles. The summed E-state index contributed by atoms with van der Waals surface area (Å²) in [5.74, 6) is 0.542. The van der Waals surface area contributed by atoms with Crippen molar-refractivity contribution < 1.29 is 35.8 Å². The maximum Gasteiger partial charge on any atom is 0.423 e. The molecule has 0 amide bonds. The summed E-state index contributed by atoms with van der Waals surface area (Å²) < 4.78 is 90.5. The zero-order valence-corrected chi connectivity index (χ0v) is 15.3. The van der Waals surface area contributed by atoms with Crippen LogP contribution < -0.4 is 4.74 Å². The van der Waals surface area contributed by atoms with E-state index in [9.17, 15) is 26.3 Å². The van der Waals surface area contributed by atoms with E-state index in [1.807, 2.05) is 0 Å². The van der Waals surface area contributed by atoms with Crippen LogP contribution in [0, 0.1) is 23.7 Å². The fourth-order valence-corrected chi connectivity index (χ4v) is 5.98. The van der Waals surface area contributed by atoms with E-state index in [0.717, 1.165) is 6.42 Å². The van der Waals surface area contributed by atoms with E-state index >= 15 is 0 Å². The first-order valence-electron chi connectivity index (χ1n) is 9.49. The average Bonchev–Trinajstić information content (AvgIpc) is 2.59. The van der Waals surface area contributed by atoms with E-state index < -0.39 is 24.1 Å². The van der Waals surface area contributed by atoms with Crippen LogP contribution in [-0.2, 0) is 10.3 Å². The van der Waals surface area contributed by atoms with Crippen molar-refractivity contribution in [3.05, 3.63) is 29.8 Å². The van der Waals surface area contributed by atoms with Crippen LogP contribution in [0.2, 0.25) is 0 Å². The molecule has 5 rings (SSSR count). The van der Waals surface area contributed by atoms with Crippen molar-refractivity contribution in [3.63, 3.8) is 0 Å². The highest BCUT2D eigenvalue weighted by Gasteiger charge is 2.66. The summed E-state index contributed by atoms with van der Waals surface area (Å²) in [7, 11) is 1.45. The Labute approximate surface area is 159 Å². The summed E-state index contributed by atoms with van der Waals surface area (Å²) in [5.41, 5.74) is -1.18. The molecule has 0 N–H and O–H groups in total. The van der Waals surface area contributed by atoms with Crippen LogP contribution in [0.15, 0.2) is 24.3 Å². The van der Waals surface area contributed by atoms with Crippen LogP contribution in [0.5, 0.6) is 5.75 Å². The summed E-state index contributed by atoms with van der Waals surface area (Å²) in [6.07, 6.45) is -11.4. The number of methoxy groups -OCH3 is 1. The number of benzene rings is 1. The molecule has 0 radical (unpaired) electrons. The normalized spacial score (nSPS) is 34.9. The van der Waals surface area contributed by atoms with Gasteiger partial charge in [0.25, 0.3) is 0 Å². The fraction of sp³-hybridized carbons (Fsp3) is 0.700. The molecule has 0 heterocycles. The number of halogens is 6. The van der Waals surface area contributed by atoms with Crippen LogP contribution in [0.1, 0.15) is 37.7 Å². The Balaban J connectivity index is 1.80. The Morgan fingerprint density at radius 3 is 1.68 bits per heavy atom. The molecule has 156 valence electrons. The molecule has 4 aliphatic rings. The summed E-state index contributed by atoms with van der Waals surface area (Å²) >= 11 is 0. The van der Waals surface area contributed by atoms with Gasteiger partial charge in [-0.3, -0.25) is 0 Å². The SMILES string of the molecule is COc1ccc(C2(OC(C(F)(F)F)C(F)(F)F)C3CC4CC(C3)CC2C4)cc1. The zero-order chi connectivity index (χ0) is 20.3. The third-order valence-corrected chi connectivity index (χ3v) is 6.80. The van der Waals surface area contributed by atoms with Crippen molar-refractivity contribution in [1.29, 1.82) is 0 Å². The van der Waals surface area contributed by atoms with Crippen molar-refractivity contribution in [2.45, 2.75) is 56.2 Å². The van der Waals surface area contributed by atoms with Gasteiger partial charge in [0.2, 0.25) is 6.10 Å². The van der Waals surface area contributed by atoms with Gasteiger partial charge >= 0.3 is 12.4 Å². The van der Waals surface area contributed by atoms with Crippen LogP contribution in [0.25, 0.3) is 0 Å². The lowest BCUT2D eigenvalue weighted by atomic mass is 9.48. The van der Waals surface area contributed by atoms with Gasteiger partial charge in [0.1, 0.15) is 5.75 Å². The molecule has 4 bridgehead atoms. The number of alkyl halides is 6. The van der Waals surface area contributed by atoms with Gasteiger partial charge < -0.3 is 9.47 Å². The first-order chi connectivity index (χ1) is 13.0. The molecular weight excluding hydrogens is 386 g/mol. The topological polar surface area (TPSA) is 18.5 Å². The highest BCUT2D eigenvalue weighted by atomic mass is 19.4. The average molecular weight is 408 g/mol. The van der Waals surface area contributed by atoms with Gasteiger partial charge in [-0.05, 0) is 73.5 Å². The van der Waals surface area contributed by atoms with Crippen LogP contribution in [0.3, 0.4) is 0 Å². The monoisotopic (exact) mass is 408 g/mol. The molecule has 2 nitrogen and oxygen atoms in total. The lowest BCUT2D eigenvalue weighted by Gasteiger charge is -2.61. The van der Waals surface area contributed by atoms with Gasteiger partial charge in [0, 0.05) is 0 Å². The first-order valence-corrected chi connectivity index (χ1v) is 9.49. The second kappa shape index (κ2) is 6.54. The lowest BCUT2D eigenvalue weighted by molar-refractivity contribution is -0.370. The van der Waals surface area contributed by atoms with E-state index in [2.05, 4.69) is 0 Å². The Morgan fingerprint density at radius 2 is 1.29 bits per heavy atom. The molecule has 0 aromatic heterocycles. The van der Waals surface area contributed by atoms with E-state index in [1.165, 1.54) is 7.11 Å². The zero-order valence-electron chi connectivity index (χ0n) is 15.3. The Morgan fingerprint density at radius 1 is 0.821 bits per heavy atom. The van der Waals surface area contributed by atoms with Crippen LogP contribution in [-0.4, -0.2) is 25.6 Å². The largest absolute Gasteiger partial charge is 0.497 e. The van der Waals surface area contributed by atoms with Crippen molar-refractivity contribution in [3.8, 4) is 5.75 Å². The Kier molecular flexibility index (Phi) is 4.64. The van der Waals surface area contributed by atoms with Crippen molar-refractivity contribution in [2.75, 3.05) is 7.11 Å².